The molecule has 1 aliphatic heterocycles. The number of rotatable bonds is 5. The molecule has 1 aromatic carbocycles. The minimum Gasteiger partial charge on any atom is -0.612 e. The van der Waals surface area contributed by atoms with E-state index in [1.54, 1.807) is 24.6 Å². The molecule has 0 bridgehead atoms. The van der Waals surface area contributed by atoms with Gasteiger partial charge in [-0.3, -0.25) is 9.47 Å². The number of carbonyl (C=O) groups is 1. The molecule has 2 aromatic heterocycles. The van der Waals surface area contributed by atoms with Gasteiger partial charge in [-0.15, -0.1) is 0 Å². The summed E-state index contributed by atoms with van der Waals surface area (Å²) >= 11 is -1.09. The Morgan fingerprint density at radius 1 is 1.19 bits per heavy atom. The highest BCUT2D eigenvalue weighted by atomic mass is 32.2. The number of carbonyl (C=O) groups excluding carboxylic acids is 1. The maximum atomic E-state index is 13.2. The van der Waals surface area contributed by atoms with Gasteiger partial charge < -0.3 is 25.5 Å². The van der Waals surface area contributed by atoms with Crippen LogP contribution >= 0.6 is 0 Å². The van der Waals surface area contributed by atoms with Gasteiger partial charge in [-0.2, -0.15) is 0 Å². The van der Waals surface area contributed by atoms with Crippen LogP contribution in [0.2, 0.25) is 0 Å². The van der Waals surface area contributed by atoms with Gasteiger partial charge in [0.2, 0.25) is 0 Å². The molecule has 0 spiro atoms. The Kier molecular flexibility index (Phi) is 5.97. The Balaban J connectivity index is 1.50. The number of nitrogens with zero attached hydrogens (tertiary/aromatic N) is 4. The van der Waals surface area contributed by atoms with Gasteiger partial charge in [0.15, 0.2) is 10.7 Å². The number of piperazine rings is 1. The summed E-state index contributed by atoms with van der Waals surface area (Å²) < 4.78 is 13.2. The van der Waals surface area contributed by atoms with Crippen LogP contribution in [0.25, 0.3) is 10.9 Å². The number of nitrogens with one attached hydrogen (secondary N) is 1. The molecule has 1 saturated heterocycles. The second kappa shape index (κ2) is 8.68. The summed E-state index contributed by atoms with van der Waals surface area (Å²) in [6.07, 6.45) is 3.43. The maximum absolute atomic E-state index is 13.2. The molecule has 8 nitrogen and oxygen atoms in total. The first-order valence-electron chi connectivity index (χ1n) is 10.3. The van der Waals surface area contributed by atoms with E-state index in [4.69, 9.17) is 5.84 Å². The lowest BCUT2D eigenvalue weighted by Crippen LogP contribution is -2.49. The van der Waals surface area contributed by atoms with Crippen LogP contribution in [-0.4, -0.2) is 63.5 Å². The number of nitrogen functional groups attached to an aromatic ring is 1. The van der Waals surface area contributed by atoms with Gasteiger partial charge in [-0.1, -0.05) is 0 Å². The molecule has 1 atom stereocenters. The zero-order valence-electron chi connectivity index (χ0n) is 18.0. The number of hydrogen-bond acceptors (Lipinski definition) is 6. The number of fused-ring (bicyclic) bond motifs is 1. The van der Waals surface area contributed by atoms with E-state index in [1.807, 2.05) is 29.2 Å². The predicted octanol–water partition coefficient (Wildman–Crippen LogP) is 2.27. The van der Waals surface area contributed by atoms with Crippen molar-refractivity contribution in [1.82, 2.24) is 14.6 Å². The number of aromatic nitrogens is 2. The molecular formula is C22H28N6O2S. The first-order valence-corrected chi connectivity index (χ1v) is 11.9. The summed E-state index contributed by atoms with van der Waals surface area (Å²) in [6, 6.07) is 11.5. The third-order valence-corrected chi connectivity index (χ3v) is 6.38. The minimum absolute atomic E-state index is 0.0981. The monoisotopic (exact) mass is 440 g/mol. The molecule has 31 heavy (non-hydrogen) atoms. The predicted molar refractivity (Wildman–Crippen MR) is 126 cm³/mol. The second-order valence-electron chi connectivity index (χ2n) is 8.03. The SMILES string of the molecule is CC(C)Nc1cccnc1N1CCN(C(=O)c2cc3cc([S+](C)[O-])ccc3n2N)CC1. The third-order valence-electron chi connectivity index (χ3n) is 5.46. The van der Waals surface area contributed by atoms with Crippen LogP contribution < -0.4 is 16.1 Å². The van der Waals surface area contributed by atoms with Crippen molar-refractivity contribution >= 4 is 39.5 Å². The molecule has 0 radical (unpaired) electrons. The van der Waals surface area contributed by atoms with Crippen molar-refractivity contribution in [1.29, 1.82) is 0 Å². The van der Waals surface area contributed by atoms with E-state index in [9.17, 15) is 9.35 Å². The molecule has 0 aliphatic carbocycles. The van der Waals surface area contributed by atoms with Gasteiger partial charge in [0.05, 0.1) is 11.2 Å². The minimum atomic E-state index is -1.09. The molecule has 9 heteroatoms. The average molecular weight is 441 g/mol. The lowest BCUT2D eigenvalue weighted by atomic mass is 10.2. The fourth-order valence-corrected chi connectivity index (χ4v) is 4.47. The molecular weight excluding hydrogens is 412 g/mol. The summed E-state index contributed by atoms with van der Waals surface area (Å²) in [5.41, 5.74) is 2.18. The number of nitrogens with two attached hydrogens (primary N) is 1. The Bertz CT molecular complexity index is 1090. The fourth-order valence-electron chi connectivity index (χ4n) is 3.91. The molecule has 1 aliphatic rings. The van der Waals surface area contributed by atoms with Crippen molar-refractivity contribution < 1.29 is 9.35 Å². The van der Waals surface area contributed by atoms with Gasteiger partial charge >= 0.3 is 0 Å². The zero-order valence-corrected chi connectivity index (χ0v) is 18.9. The van der Waals surface area contributed by atoms with Gasteiger partial charge in [0.1, 0.15) is 11.9 Å². The van der Waals surface area contributed by atoms with Gasteiger partial charge in [0, 0.05) is 49.9 Å². The average Bonchev–Trinajstić information content (AvgIpc) is 3.09. The van der Waals surface area contributed by atoms with Crippen LogP contribution in [0.15, 0.2) is 47.5 Å². The normalized spacial score (nSPS) is 15.5. The fraction of sp³-hybridized carbons (Fsp3) is 0.364. The summed E-state index contributed by atoms with van der Waals surface area (Å²) in [5, 5.41) is 4.25. The van der Waals surface area contributed by atoms with Crippen molar-refractivity contribution in [3.05, 3.63) is 48.3 Å². The van der Waals surface area contributed by atoms with Crippen molar-refractivity contribution in [3.63, 3.8) is 0 Å². The van der Waals surface area contributed by atoms with Gasteiger partial charge in [-0.25, -0.2) is 4.98 Å². The molecule has 1 amide bonds. The summed E-state index contributed by atoms with van der Waals surface area (Å²) in [4.78, 5) is 22.5. The first kappa shape index (κ1) is 21.3. The molecule has 3 N–H and O–H groups in total. The summed E-state index contributed by atoms with van der Waals surface area (Å²) in [5.74, 6) is 7.04. The Hall–Kier alpha value is -2.91. The maximum Gasteiger partial charge on any atom is 0.272 e. The molecule has 1 fully saturated rings. The topological polar surface area (TPSA) is 102 Å². The third kappa shape index (κ3) is 4.28. The second-order valence-corrected chi connectivity index (χ2v) is 9.41. The Morgan fingerprint density at radius 2 is 1.94 bits per heavy atom. The smallest absolute Gasteiger partial charge is 0.272 e. The Labute approximate surface area is 185 Å². The molecule has 3 heterocycles. The molecule has 1 unspecified atom stereocenters. The highest BCUT2D eigenvalue weighted by molar-refractivity contribution is 7.90. The van der Waals surface area contributed by atoms with Crippen LogP contribution in [0, 0.1) is 0 Å². The van der Waals surface area contributed by atoms with Crippen molar-refractivity contribution in [3.8, 4) is 0 Å². The number of pyridine rings is 1. The zero-order chi connectivity index (χ0) is 22.1. The quantitative estimate of drug-likeness (QED) is 0.466. The van der Waals surface area contributed by atoms with Crippen LogP contribution in [-0.2, 0) is 11.2 Å². The van der Waals surface area contributed by atoms with Gasteiger partial charge in [-0.05, 0) is 55.4 Å². The van der Waals surface area contributed by atoms with E-state index in [0.29, 0.717) is 42.8 Å². The van der Waals surface area contributed by atoms with E-state index >= 15 is 0 Å². The lowest BCUT2D eigenvalue weighted by molar-refractivity contribution is 0.0738. The van der Waals surface area contributed by atoms with Crippen LogP contribution in [0.4, 0.5) is 11.5 Å². The number of hydrogen-bond donors (Lipinski definition) is 2. The van der Waals surface area contributed by atoms with E-state index < -0.39 is 11.2 Å². The molecule has 164 valence electrons. The largest absolute Gasteiger partial charge is 0.612 e. The highest BCUT2D eigenvalue weighted by Crippen LogP contribution is 2.26. The standard InChI is InChI=1S/C22H28N6O2S/c1-15(2)25-18-5-4-8-24-21(18)26-9-11-27(12-10-26)22(29)20-14-16-13-17(31(3)30)6-7-19(16)28(20)23/h4-8,13-15,25H,9-12,23H2,1-3H3. The number of anilines is 2. The van der Waals surface area contributed by atoms with Crippen molar-refractivity contribution in [2.24, 2.45) is 0 Å². The van der Waals surface area contributed by atoms with E-state index in [2.05, 4.69) is 29.0 Å². The van der Waals surface area contributed by atoms with Crippen LogP contribution in [0.3, 0.4) is 0 Å². The number of benzene rings is 1. The van der Waals surface area contributed by atoms with E-state index in [-0.39, 0.29) is 5.91 Å². The highest BCUT2D eigenvalue weighted by Gasteiger charge is 2.26. The molecule has 4 rings (SSSR count). The Morgan fingerprint density at radius 3 is 2.61 bits per heavy atom. The van der Waals surface area contributed by atoms with Crippen LogP contribution in [0.1, 0.15) is 24.3 Å². The molecule has 0 saturated carbocycles. The van der Waals surface area contributed by atoms with E-state index in [1.165, 1.54) is 4.68 Å². The lowest BCUT2D eigenvalue weighted by Gasteiger charge is -2.36. The number of amides is 1. The van der Waals surface area contributed by atoms with Crippen LogP contribution in [0.5, 0.6) is 0 Å². The van der Waals surface area contributed by atoms with E-state index in [0.717, 1.165) is 22.4 Å². The van der Waals surface area contributed by atoms with Crippen molar-refractivity contribution in [2.45, 2.75) is 24.8 Å². The van der Waals surface area contributed by atoms with Gasteiger partial charge in [0.25, 0.3) is 5.91 Å². The summed E-state index contributed by atoms with van der Waals surface area (Å²) in [7, 11) is 0. The first-order chi connectivity index (χ1) is 14.8. The molecule has 3 aromatic rings. The summed E-state index contributed by atoms with van der Waals surface area (Å²) in [6.45, 7) is 6.75. The van der Waals surface area contributed by atoms with Crippen molar-refractivity contribution in [2.75, 3.05) is 48.5 Å².